The maximum absolute atomic E-state index is 10.5. The molecule has 0 saturated heterocycles. The van der Waals surface area contributed by atoms with Crippen molar-refractivity contribution in [1.29, 1.82) is 0 Å². The Balaban J connectivity index is 2.48. The molecule has 1 rings (SSSR count). The number of rotatable bonds is 7. The van der Waals surface area contributed by atoms with E-state index in [-0.39, 0.29) is 0 Å². The average Bonchev–Trinajstić information content (AvgIpc) is 2.59. The Labute approximate surface area is 102 Å². The first-order valence-corrected chi connectivity index (χ1v) is 6.97. The van der Waals surface area contributed by atoms with Crippen LogP contribution in [-0.4, -0.2) is 23.6 Å². The number of aromatic nitrogens is 2. The van der Waals surface area contributed by atoms with Crippen molar-refractivity contribution in [2.24, 2.45) is 0 Å². The van der Waals surface area contributed by atoms with E-state index < -0.39 is 16.5 Å². The van der Waals surface area contributed by atoms with Crippen LogP contribution in [0.25, 0.3) is 0 Å². The van der Waals surface area contributed by atoms with E-state index in [1.807, 2.05) is 27.9 Å². The summed E-state index contributed by atoms with van der Waals surface area (Å²) >= 11 is 0. The zero-order chi connectivity index (χ0) is 12.9. The number of hydrogen-bond acceptors (Lipinski definition) is 3. The summed E-state index contributed by atoms with van der Waals surface area (Å²) in [6.45, 7) is 5.03. The van der Waals surface area contributed by atoms with Gasteiger partial charge in [-0.3, -0.25) is 4.55 Å². The Kier molecular flexibility index (Phi) is 5.10. The molecular formula is C10H19N2O4S+. The second-order valence-corrected chi connectivity index (χ2v) is 5.08. The van der Waals surface area contributed by atoms with E-state index in [1.54, 1.807) is 6.92 Å². The number of hydrogen-bond donors (Lipinski definition) is 1. The highest BCUT2D eigenvalue weighted by molar-refractivity contribution is 7.80. The zero-order valence-electron chi connectivity index (χ0n) is 10.1. The van der Waals surface area contributed by atoms with Gasteiger partial charge in [-0.15, -0.1) is 0 Å². The molecule has 1 heterocycles. The van der Waals surface area contributed by atoms with Gasteiger partial charge in [0.05, 0.1) is 6.54 Å². The lowest BCUT2D eigenvalue weighted by Gasteiger charge is -2.06. The van der Waals surface area contributed by atoms with Crippen LogP contribution in [0.15, 0.2) is 18.7 Å². The Morgan fingerprint density at radius 3 is 2.82 bits per heavy atom. The van der Waals surface area contributed by atoms with Gasteiger partial charge in [0.25, 0.3) is 0 Å². The molecule has 0 radical (unpaired) electrons. The Bertz CT molecular complexity index is 441. The molecule has 0 bridgehead atoms. The van der Waals surface area contributed by atoms with Crippen molar-refractivity contribution in [3.63, 3.8) is 0 Å². The van der Waals surface area contributed by atoms with E-state index in [1.165, 1.54) is 0 Å². The average molecular weight is 263 g/mol. The van der Waals surface area contributed by atoms with Gasteiger partial charge in [-0.2, -0.15) is 8.42 Å². The topological polar surface area (TPSA) is 72.4 Å². The summed E-state index contributed by atoms with van der Waals surface area (Å²) in [5.74, 6) is 0. The lowest BCUT2D eigenvalue weighted by atomic mass is 10.3. The van der Waals surface area contributed by atoms with Crippen LogP contribution in [0.5, 0.6) is 0 Å². The molecule has 0 aromatic carbocycles. The fraction of sp³-hybridized carbons (Fsp3) is 0.700. The monoisotopic (exact) mass is 263 g/mol. The van der Waals surface area contributed by atoms with Crippen LogP contribution in [0, 0.1) is 0 Å². The van der Waals surface area contributed by atoms with Gasteiger partial charge in [-0.05, 0) is 13.3 Å². The van der Waals surface area contributed by atoms with Crippen molar-refractivity contribution in [2.75, 3.05) is 0 Å². The molecule has 0 spiro atoms. The molecule has 0 aliphatic carbocycles. The summed E-state index contributed by atoms with van der Waals surface area (Å²) in [5.41, 5.74) is 0. The standard InChI is InChI=1S/C10H18N2O4S/c1-3-4-5-11-6-7-12(9-11)8-10(2)16-17(13,14)15/h6-7,9-10H,3-5,8H2,1-2H3/p+1/t10-/m0/s1. The SMILES string of the molecule is CCCCn1cc[n+](C[C@H](C)OS(=O)(=O)O)c1. The number of aryl methyl sites for hydroxylation is 1. The number of imidazole rings is 1. The minimum absolute atomic E-state index is 0.374. The smallest absolute Gasteiger partial charge is 0.264 e. The van der Waals surface area contributed by atoms with Gasteiger partial charge < -0.3 is 0 Å². The first-order valence-electron chi connectivity index (χ1n) is 5.61. The molecule has 17 heavy (non-hydrogen) atoms. The maximum atomic E-state index is 10.5. The summed E-state index contributed by atoms with van der Waals surface area (Å²) in [5, 5.41) is 0. The normalized spacial score (nSPS) is 13.8. The molecule has 0 fully saturated rings. The van der Waals surface area contributed by atoms with Crippen LogP contribution in [0.2, 0.25) is 0 Å². The molecule has 0 aliphatic heterocycles. The van der Waals surface area contributed by atoms with Gasteiger partial charge in [0.15, 0.2) is 0 Å². The summed E-state index contributed by atoms with van der Waals surface area (Å²) in [6.07, 6.45) is 7.29. The van der Waals surface area contributed by atoms with Crippen LogP contribution >= 0.6 is 0 Å². The van der Waals surface area contributed by atoms with E-state index in [0.717, 1.165) is 19.4 Å². The molecule has 1 aromatic rings. The van der Waals surface area contributed by atoms with Gasteiger partial charge in [-0.25, -0.2) is 13.3 Å². The third kappa shape index (κ3) is 5.81. The first-order chi connectivity index (χ1) is 7.90. The van der Waals surface area contributed by atoms with Crippen molar-refractivity contribution < 1.29 is 21.7 Å². The second kappa shape index (κ2) is 6.13. The highest BCUT2D eigenvalue weighted by Crippen LogP contribution is 1.98. The molecule has 1 aromatic heterocycles. The highest BCUT2D eigenvalue weighted by Gasteiger charge is 2.15. The summed E-state index contributed by atoms with van der Waals surface area (Å²) in [4.78, 5) is 0. The summed E-state index contributed by atoms with van der Waals surface area (Å²) in [6, 6.07) is 0. The van der Waals surface area contributed by atoms with E-state index in [0.29, 0.717) is 6.54 Å². The first kappa shape index (κ1) is 14.1. The lowest BCUT2D eigenvalue weighted by Crippen LogP contribution is -2.38. The van der Waals surface area contributed by atoms with Crippen molar-refractivity contribution in [1.82, 2.24) is 4.57 Å². The molecule has 0 aliphatic rings. The Morgan fingerprint density at radius 1 is 1.53 bits per heavy atom. The lowest BCUT2D eigenvalue weighted by molar-refractivity contribution is -0.701. The van der Waals surface area contributed by atoms with Gasteiger partial charge in [0, 0.05) is 0 Å². The predicted octanol–water partition coefficient (Wildman–Crippen LogP) is 0.784. The quantitative estimate of drug-likeness (QED) is 0.583. The molecule has 6 nitrogen and oxygen atoms in total. The van der Waals surface area contributed by atoms with Gasteiger partial charge >= 0.3 is 10.4 Å². The van der Waals surface area contributed by atoms with E-state index in [2.05, 4.69) is 11.1 Å². The third-order valence-electron chi connectivity index (χ3n) is 2.27. The molecule has 1 atom stereocenters. The highest BCUT2D eigenvalue weighted by atomic mass is 32.3. The fourth-order valence-corrected chi connectivity index (χ4v) is 2.03. The van der Waals surface area contributed by atoms with Crippen molar-refractivity contribution >= 4 is 10.4 Å². The molecule has 0 amide bonds. The Hall–Kier alpha value is -0.920. The molecular weight excluding hydrogens is 244 g/mol. The van der Waals surface area contributed by atoms with Crippen LogP contribution in [0.4, 0.5) is 0 Å². The van der Waals surface area contributed by atoms with E-state index in [4.69, 9.17) is 4.55 Å². The molecule has 7 heteroatoms. The van der Waals surface area contributed by atoms with Crippen molar-refractivity contribution in [3.8, 4) is 0 Å². The molecule has 0 saturated carbocycles. The number of unbranched alkanes of at least 4 members (excludes halogenated alkanes) is 1. The van der Waals surface area contributed by atoms with Crippen LogP contribution < -0.4 is 4.57 Å². The minimum atomic E-state index is -4.37. The van der Waals surface area contributed by atoms with Crippen molar-refractivity contribution in [2.45, 2.75) is 45.9 Å². The van der Waals surface area contributed by atoms with Crippen molar-refractivity contribution in [3.05, 3.63) is 18.7 Å². The van der Waals surface area contributed by atoms with Gasteiger partial charge in [0.1, 0.15) is 25.0 Å². The van der Waals surface area contributed by atoms with E-state index in [9.17, 15) is 8.42 Å². The van der Waals surface area contributed by atoms with Crippen LogP contribution in [0.1, 0.15) is 26.7 Å². The largest absolute Gasteiger partial charge is 0.397 e. The second-order valence-electron chi connectivity index (χ2n) is 4.04. The van der Waals surface area contributed by atoms with Gasteiger partial charge in [-0.1, -0.05) is 13.3 Å². The Morgan fingerprint density at radius 2 is 2.24 bits per heavy atom. The van der Waals surface area contributed by atoms with E-state index >= 15 is 0 Å². The predicted molar refractivity (Wildman–Crippen MR) is 61.6 cm³/mol. The minimum Gasteiger partial charge on any atom is -0.264 e. The van der Waals surface area contributed by atoms with Crippen LogP contribution in [-0.2, 0) is 27.7 Å². The zero-order valence-corrected chi connectivity index (χ0v) is 10.9. The fourth-order valence-electron chi connectivity index (χ4n) is 1.55. The summed E-state index contributed by atoms with van der Waals surface area (Å²) in [7, 11) is -4.37. The number of nitrogens with zero attached hydrogens (tertiary/aromatic N) is 2. The third-order valence-corrected chi connectivity index (χ3v) is 2.84. The molecule has 1 N–H and O–H groups in total. The van der Waals surface area contributed by atoms with Crippen LogP contribution in [0.3, 0.4) is 0 Å². The molecule has 98 valence electrons. The maximum Gasteiger partial charge on any atom is 0.397 e. The molecule has 0 unspecified atom stereocenters. The summed E-state index contributed by atoms with van der Waals surface area (Å²) < 4.78 is 37.8. The van der Waals surface area contributed by atoms with Gasteiger partial charge in [0.2, 0.25) is 6.33 Å².